The largest absolute Gasteiger partial charge is 0.480 e. The summed E-state index contributed by atoms with van der Waals surface area (Å²) < 4.78 is 59.8. The quantitative estimate of drug-likeness (QED) is 0.524. The monoisotopic (exact) mass is 493 g/mol. The maximum Gasteiger partial charge on any atom is 0.406 e. The molecule has 0 bridgehead atoms. The van der Waals surface area contributed by atoms with E-state index in [-0.39, 0.29) is 40.9 Å². The Labute approximate surface area is 195 Å². The Morgan fingerprint density at radius 2 is 2.03 bits per heavy atom. The molecule has 0 radical (unpaired) electrons. The lowest BCUT2D eigenvalue weighted by atomic mass is 9.90. The molecule has 3 heterocycles. The number of carbonyl (C=O) groups excluding carboxylic acids is 1. The number of hydrogen-bond donors (Lipinski definition) is 2. The fourth-order valence-corrected chi connectivity index (χ4v) is 3.76. The van der Waals surface area contributed by atoms with E-state index in [0.717, 1.165) is 16.8 Å². The number of nitrogens with zero attached hydrogens (tertiary/aromatic N) is 5. The summed E-state index contributed by atoms with van der Waals surface area (Å²) in [6, 6.07) is 3.71. The first-order valence-electron chi connectivity index (χ1n) is 10.1. The van der Waals surface area contributed by atoms with E-state index < -0.39 is 35.7 Å². The molecular weight excluding hydrogens is 474 g/mol. The minimum absolute atomic E-state index is 0.000305. The molecule has 0 aliphatic carbocycles. The van der Waals surface area contributed by atoms with Crippen molar-refractivity contribution < 1.29 is 27.1 Å². The van der Waals surface area contributed by atoms with Crippen LogP contribution in [0.4, 0.5) is 23.2 Å². The normalized spacial score (nSPS) is 17.5. The van der Waals surface area contributed by atoms with Gasteiger partial charge in [-0.1, -0.05) is 0 Å². The first-order valence-corrected chi connectivity index (χ1v) is 10.1. The fraction of sp³-hybridized carbons (Fsp3) is 0.286. The smallest absolute Gasteiger partial charge is 0.406 e. The molecule has 0 unspecified atom stereocenters. The molecule has 0 saturated heterocycles. The zero-order valence-electron chi connectivity index (χ0n) is 18.4. The van der Waals surface area contributed by atoms with Gasteiger partial charge in [0, 0.05) is 17.4 Å². The number of aromatic nitrogens is 4. The molecule has 1 amide bonds. The molecule has 3 N–H and O–H groups in total. The Balaban J connectivity index is 1.65. The lowest BCUT2D eigenvalue weighted by molar-refractivity contribution is -0.141. The lowest BCUT2D eigenvalue weighted by Crippen LogP contribution is -2.41. The van der Waals surface area contributed by atoms with Crippen molar-refractivity contribution in [3.8, 4) is 5.88 Å². The van der Waals surface area contributed by atoms with Gasteiger partial charge in [-0.15, -0.1) is 0 Å². The summed E-state index contributed by atoms with van der Waals surface area (Å²) in [6.45, 7) is -0.291. The number of fused-ring (bicyclic) bond motifs is 1. The summed E-state index contributed by atoms with van der Waals surface area (Å²) in [7, 11) is 1.40. The molecule has 0 spiro atoms. The molecule has 1 atom stereocenters. The Morgan fingerprint density at radius 1 is 1.29 bits per heavy atom. The maximum atomic E-state index is 14.9. The van der Waals surface area contributed by atoms with Gasteiger partial charge in [-0.05, 0) is 25.1 Å². The highest BCUT2D eigenvalue weighted by Crippen LogP contribution is 2.34. The van der Waals surface area contributed by atoms with Gasteiger partial charge in [0.25, 0.3) is 5.91 Å². The highest BCUT2D eigenvalue weighted by molar-refractivity contribution is 6.02. The van der Waals surface area contributed by atoms with Gasteiger partial charge in [-0.25, -0.2) is 19.2 Å². The van der Waals surface area contributed by atoms with Gasteiger partial charge < -0.3 is 15.8 Å². The molecule has 1 aromatic carbocycles. The predicted octanol–water partition coefficient (Wildman–Crippen LogP) is 2.04. The van der Waals surface area contributed by atoms with E-state index in [1.807, 2.05) is 0 Å². The third-order valence-corrected chi connectivity index (χ3v) is 5.37. The minimum atomic E-state index is -4.62. The van der Waals surface area contributed by atoms with Crippen LogP contribution in [0.15, 0.2) is 46.6 Å². The molecule has 2 aromatic heterocycles. The summed E-state index contributed by atoms with van der Waals surface area (Å²) in [5.41, 5.74) is 3.69. The number of methoxy groups -OCH3 is 1. The van der Waals surface area contributed by atoms with Gasteiger partial charge in [-0.2, -0.15) is 13.2 Å². The summed E-state index contributed by atoms with van der Waals surface area (Å²) in [4.78, 5) is 37.2. The van der Waals surface area contributed by atoms with E-state index in [1.165, 1.54) is 38.6 Å². The van der Waals surface area contributed by atoms with Crippen molar-refractivity contribution in [3.05, 3.63) is 70.0 Å². The lowest BCUT2D eigenvalue weighted by Gasteiger charge is -2.31. The molecule has 1 aliphatic heterocycles. The molecule has 35 heavy (non-hydrogen) atoms. The molecular formula is C21H19F4N7O3. The molecule has 1 aliphatic rings. The summed E-state index contributed by atoms with van der Waals surface area (Å²) in [6.07, 6.45) is -1.20. The number of nitrogens with one attached hydrogen (secondary N) is 1. The van der Waals surface area contributed by atoms with E-state index in [9.17, 15) is 27.2 Å². The minimum Gasteiger partial charge on any atom is -0.480 e. The molecule has 0 fully saturated rings. The number of imidazole rings is 1. The zero-order valence-corrected chi connectivity index (χ0v) is 18.4. The second-order valence-electron chi connectivity index (χ2n) is 7.99. The molecule has 4 rings (SSSR count). The van der Waals surface area contributed by atoms with Gasteiger partial charge in [0.05, 0.1) is 26.0 Å². The third-order valence-electron chi connectivity index (χ3n) is 5.37. The summed E-state index contributed by atoms with van der Waals surface area (Å²) >= 11 is 0. The number of amidine groups is 1. The van der Waals surface area contributed by atoms with Crippen LogP contribution < -0.4 is 21.5 Å². The van der Waals surface area contributed by atoms with Crippen LogP contribution in [0.25, 0.3) is 0 Å². The third kappa shape index (κ3) is 4.72. The van der Waals surface area contributed by atoms with Crippen LogP contribution in [0, 0.1) is 5.82 Å². The average molecular weight is 493 g/mol. The van der Waals surface area contributed by atoms with Crippen LogP contribution in [-0.2, 0) is 18.6 Å². The Morgan fingerprint density at radius 3 is 2.66 bits per heavy atom. The average Bonchev–Trinajstić information content (AvgIpc) is 3.09. The van der Waals surface area contributed by atoms with Gasteiger partial charge in [0.2, 0.25) is 5.88 Å². The number of alkyl halides is 3. The molecule has 0 saturated carbocycles. The molecule has 10 nitrogen and oxygen atoms in total. The van der Waals surface area contributed by atoms with Crippen LogP contribution in [0.5, 0.6) is 5.88 Å². The van der Waals surface area contributed by atoms with Crippen LogP contribution in [-0.4, -0.2) is 44.1 Å². The second kappa shape index (κ2) is 8.52. The fourth-order valence-electron chi connectivity index (χ4n) is 3.76. The number of ether oxygens (including phenoxy) is 1. The van der Waals surface area contributed by atoms with Crippen molar-refractivity contribution in [2.45, 2.75) is 31.7 Å². The van der Waals surface area contributed by atoms with E-state index >= 15 is 0 Å². The standard InChI is InChI=1S/C21H19F4N7O3/c1-20(9-32-15(17(26)30-20)8-31(19(32)34)10-21(23,24)25)12-5-11(3-4-13(12)22)29-18(33)14-6-28-16(35-2)7-27-14/h3-8H,9-10H2,1-2H3,(H2,26,30)(H,29,33)/t20-/m0/s1. The SMILES string of the molecule is COc1cnc(C(=O)Nc2ccc(F)c([C@]3(C)Cn4c(cn(CC(F)(F)F)c4=O)C(N)=N3)c2)cn1. The first-order chi connectivity index (χ1) is 16.4. The van der Waals surface area contributed by atoms with E-state index in [0.29, 0.717) is 4.57 Å². The number of carbonyl (C=O) groups is 1. The van der Waals surface area contributed by atoms with Crippen LogP contribution in [0.2, 0.25) is 0 Å². The topological polar surface area (TPSA) is 129 Å². The maximum absolute atomic E-state index is 14.9. The van der Waals surface area contributed by atoms with Crippen molar-refractivity contribution in [3.63, 3.8) is 0 Å². The number of rotatable bonds is 5. The van der Waals surface area contributed by atoms with E-state index in [1.54, 1.807) is 0 Å². The van der Waals surface area contributed by atoms with E-state index in [2.05, 4.69) is 20.3 Å². The van der Waals surface area contributed by atoms with Crippen LogP contribution >= 0.6 is 0 Å². The van der Waals surface area contributed by atoms with Crippen molar-refractivity contribution in [1.82, 2.24) is 19.1 Å². The molecule has 14 heteroatoms. The Hall–Kier alpha value is -4.23. The van der Waals surface area contributed by atoms with Gasteiger partial charge in [0.1, 0.15) is 35.1 Å². The van der Waals surface area contributed by atoms with Gasteiger partial charge in [-0.3, -0.25) is 18.9 Å². The number of aliphatic imine (C=N–C) groups is 1. The predicted molar refractivity (Wildman–Crippen MR) is 116 cm³/mol. The number of amides is 1. The van der Waals surface area contributed by atoms with Crippen molar-refractivity contribution >= 4 is 17.4 Å². The number of halogens is 4. The van der Waals surface area contributed by atoms with Crippen LogP contribution in [0.1, 0.15) is 28.7 Å². The summed E-state index contributed by atoms with van der Waals surface area (Å²) in [5.74, 6) is -1.35. The molecule has 184 valence electrons. The van der Waals surface area contributed by atoms with Crippen molar-refractivity contribution in [2.24, 2.45) is 10.7 Å². The number of hydrogen-bond acceptors (Lipinski definition) is 7. The highest BCUT2D eigenvalue weighted by Gasteiger charge is 2.38. The van der Waals surface area contributed by atoms with Crippen LogP contribution in [0.3, 0.4) is 0 Å². The number of nitrogens with two attached hydrogens (primary N) is 1. The van der Waals surface area contributed by atoms with E-state index in [4.69, 9.17) is 10.5 Å². The Bertz CT molecular complexity index is 1380. The van der Waals surface area contributed by atoms with Gasteiger partial charge in [0.15, 0.2) is 0 Å². The second-order valence-corrected chi connectivity index (χ2v) is 7.99. The van der Waals surface area contributed by atoms with Gasteiger partial charge >= 0.3 is 11.9 Å². The van der Waals surface area contributed by atoms with Crippen molar-refractivity contribution in [2.75, 3.05) is 12.4 Å². The number of benzene rings is 1. The Kier molecular flexibility index (Phi) is 5.82. The zero-order chi connectivity index (χ0) is 25.5. The molecule has 3 aromatic rings. The first kappa shape index (κ1) is 23.9. The van der Waals surface area contributed by atoms with Crippen molar-refractivity contribution in [1.29, 1.82) is 0 Å². The number of anilines is 1. The highest BCUT2D eigenvalue weighted by atomic mass is 19.4. The summed E-state index contributed by atoms with van der Waals surface area (Å²) in [5, 5.41) is 2.56.